The second-order valence-corrected chi connectivity index (χ2v) is 6.19. The molecule has 0 aromatic rings. The molecule has 2 bridgehead atoms. The lowest BCUT2D eigenvalue weighted by molar-refractivity contribution is -0.131. The summed E-state index contributed by atoms with van der Waals surface area (Å²) in [6, 6.07) is 1.17. The smallest absolute Gasteiger partial charge is 0.138 e. The first kappa shape index (κ1) is 11.7. The molecule has 3 atom stereocenters. The Morgan fingerprint density at radius 3 is 2.41 bits per heavy atom. The first-order valence-electron chi connectivity index (χ1n) is 7.17. The van der Waals surface area contributed by atoms with Crippen molar-refractivity contribution in [2.45, 2.75) is 45.2 Å². The van der Waals surface area contributed by atoms with Crippen molar-refractivity contribution in [1.29, 1.82) is 0 Å². The van der Waals surface area contributed by atoms with E-state index >= 15 is 0 Å². The molecular formula is C14H24N2O. The fourth-order valence-electron chi connectivity index (χ4n) is 4.00. The maximum absolute atomic E-state index is 11.8. The molecule has 4 fully saturated rings. The summed E-state index contributed by atoms with van der Waals surface area (Å²) in [5.41, 5.74) is 0. The number of likely N-dealkylation sites (tertiary alicyclic amines) is 1. The van der Waals surface area contributed by atoms with Crippen LogP contribution in [-0.4, -0.2) is 53.8 Å². The molecule has 0 saturated carbocycles. The van der Waals surface area contributed by atoms with E-state index in [1.54, 1.807) is 0 Å². The molecule has 96 valence electrons. The number of ketones is 1. The van der Waals surface area contributed by atoms with Gasteiger partial charge in [-0.15, -0.1) is 0 Å². The Balaban J connectivity index is 1.74. The molecule has 3 unspecified atom stereocenters. The fourth-order valence-corrected chi connectivity index (χ4v) is 4.00. The molecule has 4 aliphatic heterocycles. The summed E-state index contributed by atoms with van der Waals surface area (Å²) in [5, 5.41) is 0. The highest BCUT2D eigenvalue weighted by Gasteiger charge is 2.42. The van der Waals surface area contributed by atoms with Gasteiger partial charge in [0.15, 0.2) is 0 Å². The van der Waals surface area contributed by atoms with Gasteiger partial charge < -0.3 is 4.90 Å². The Labute approximate surface area is 104 Å². The number of carbonyl (C=O) groups is 1. The zero-order valence-electron chi connectivity index (χ0n) is 11.1. The topological polar surface area (TPSA) is 23.6 Å². The van der Waals surface area contributed by atoms with Crippen LogP contribution in [0.5, 0.6) is 0 Å². The minimum Gasteiger partial charge on any atom is -0.302 e. The molecule has 4 rings (SSSR count). The van der Waals surface area contributed by atoms with Gasteiger partial charge in [0.1, 0.15) is 5.78 Å². The third-order valence-corrected chi connectivity index (χ3v) is 5.42. The van der Waals surface area contributed by atoms with Crippen LogP contribution in [0.25, 0.3) is 0 Å². The molecule has 4 aliphatic rings. The average molecular weight is 236 g/mol. The van der Waals surface area contributed by atoms with Gasteiger partial charge in [0, 0.05) is 37.5 Å². The molecule has 4 heterocycles. The monoisotopic (exact) mass is 236 g/mol. The third-order valence-electron chi connectivity index (χ3n) is 5.42. The van der Waals surface area contributed by atoms with Gasteiger partial charge in [0.05, 0.1) is 0 Å². The lowest BCUT2D eigenvalue weighted by Crippen LogP contribution is -2.62. The Hall–Kier alpha value is -0.410. The maximum Gasteiger partial charge on any atom is 0.138 e. The lowest BCUT2D eigenvalue weighted by atomic mass is 9.80. The Bertz CT molecular complexity index is 309. The van der Waals surface area contributed by atoms with Crippen molar-refractivity contribution in [2.24, 2.45) is 11.8 Å². The van der Waals surface area contributed by atoms with Crippen molar-refractivity contribution in [3.63, 3.8) is 0 Å². The van der Waals surface area contributed by atoms with Crippen LogP contribution in [0, 0.1) is 11.8 Å². The van der Waals surface area contributed by atoms with Crippen molar-refractivity contribution < 1.29 is 4.79 Å². The lowest BCUT2D eigenvalue weighted by Gasteiger charge is -2.52. The Morgan fingerprint density at radius 2 is 1.82 bits per heavy atom. The number of carbonyl (C=O) groups excluding carboxylic acids is 1. The second kappa shape index (κ2) is 4.36. The predicted molar refractivity (Wildman–Crippen MR) is 67.9 cm³/mol. The number of fused-ring (bicyclic) bond motifs is 3. The molecule has 3 nitrogen and oxygen atoms in total. The first-order valence-corrected chi connectivity index (χ1v) is 7.17. The van der Waals surface area contributed by atoms with Crippen LogP contribution >= 0.6 is 0 Å². The van der Waals surface area contributed by atoms with E-state index in [0.29, 0.717) is 11.8 Å². The molecule has 0 amide bonds. The Kier molecular flexibility index (Phi) is 2.99. The third kappa shape index (κ3) is 1.93. The quantitative estimate of drug-likeness (QED) is 0.687. The van der Waals surface area contributed by atoms with Crippen LogP contribution in [-0.2, 0) is 4.79 Å². The van der Waals surface area contributed by atoms with E-state index in [9.17, 15) is 4.79 Å². The number of rotatable bonds is 1. The standard InChI is InChI=1S/C14H24N2O/c1-10-11(2)16(8-5-14(10)17)13-9-15-6-3-12(13)4-7-15/h10-13H,3-9H2,1-2H3. The summed E-state index contributed by atoms with van der Waals surface area (Å²) >= 11 is 0. The van der Waals surface area contributed by atoms with Crippen LogP contribution in [0.3, 0.4) is 0 Å². The van der Waals surface area contributed by atoms with E-state index < -0.39 is 0 Å². The zero-order chi connectivity index (χ0) is 12.0. The largest absolute Gasteiger partial charge is 0.302 e. The summed E-state index contributed by atoms with van der Waals surface area (Å²) < 4.78 is 0. The molecule has 0 aromatic carbocycles. The average Bonchev–Trinajstić information content (AvgIpc) is 2.37. The second-order valence-electron chi connectivity index (χ2n) is 6.19. The minimum absolute atomic E-state index is 0.235. The SMILES string of the molecule is CC1C(=O)CCN(C2CN3CCC2CC3)C1C. The van der Waals surface area contributed by atoms with Gasteiger partial charge in [0.25, 0.3) is 0 Å². The molecule has 0 aromatic heterocycles. The highest BCUT2D eigenvalue weighted by molar-refractivity contribution is 5.82. The minimum atomic E-state index is 0.235. The summed E-state index contributed by atoms with van der Waals surface area (Å²) in [7, 11) is 0. The molecule has 17 heavy (non-hydrogen) atoms. The number of hydrogen-bond acceptors (Lipinski definition) is 3. The zero-order valence-corrected chi connectivity index (χ0v) is 11.1. The van der Waals surface area contributed by atoms with Crippen molar-refractivity contribution in [2.75, 3.05) is 26.2 Å². The van der Waals surface area contributed by atoms with Crippen molar-refractivity contribution in [3.8, 4) is 0 Å². The molecular weight excluding hydrogens is 212 g/mol. The fraction of sp³-hybridized carbons (Fsp3) is 0.929. The molecule has 0 N–H and O–H groups in total. The van der Waals surface area contributed by atoms with E-state index in [0.717, 1.165) is 24.9 Å². The van der Waals surface area contributed by atoms with E-state index in [1.807, 2.05) is 0 Å². The van der Waals surface area contributed by atoms with Crippen molar-refractivity contribution >= 4 is 5.78 Å². The summed E-state index contributed by atoms with van der Waals surface area (Å²) in [4.78, 5) is 17.0. The molecule has 0 spiro atoms. The van der Waals surface area contributed by atoms with Gasteiger partial charge in [-0.2, -0.15) is 0 Å². The van der Waals surface area contributed by atoms with Gasteiger partial charge >= 0.3 is 0 Å². The summed E-state index contributed by atoms with van der Waals surface area (Å²) in [6.45, 7) is 9.21. The summed E-state index contributed by atoms with van der Waals surface area (Å²) in [6.07, 6.45) is 3.52. The number of Topliss-reactive ketones (excluding diaryl/α,β-unsaturated/α-hetero) is 1. The van der Waals surface area contributed by atoms with Crippen LogP contribution < -0.4 is 0 Å². The van der Waals surface area contributed by atoms with Gasteiger partial charge in [-0.05, 0) is 38.8 Å². The van der Waals surface area contributed by atoms with Crippen molar-refractivity contribution in [1.82, 2.24) is 9.80 Å². The molecule has 3 heteroatoms. The highest BCUT2D eigenvalue weighted by Crippen LogP contribution is 2.34. The van der Waals surface area contributed by atoms with E-state index in [1.165, 1.54) is 32.5 Å². The van der Waals surface area contributed by atoms with Gasteiger partial charge in [-0.3, -0.25) is 9.69 Å². The summed E-state index contributed by atoms with van der Waals surface area (Å²) in [5.74, 6) is 1.59. The van der Waals surface area contributed by atoms with Gasteiger partial charge in [-0.1, -0.05) is 6.92 Å². The van der Waals surface area contributed by atoms with Crippen LogP contribution in [0.2, 0.25) is 0 Å². The molecule has 0 radical (unpaired) electrons. The van der Waals surface area contributed by atoms with Crippen LogP contribution in [0.1, 0.15) is 33.1 Å². The Morgan fingerprint density at radius 1 is 1.12 bits per heavy atom. The highest BCUT2D eigenvalue weighted by atomic mass is 16.1. The number of hydrogen-bond donors (Lipinski definition) is 0. The van der Waals surface area contributed by atoms with E-state index in [2.05, 4.69) is 23.6 Å². The van der Waals surface area contributed by atoms with Crippen molar-refractivity contribution in [3.05, 3.63) is 0 Å². The maximum atomic E-state index is 11.8. The van der Waals surface area contributed by atoms with E-state index in [4.69, 9.17) is 0 Å². The predicted octanol–water partition coefficient (Wildman–Crippen LogP) is 1.38. The number of piperidine rings is 4. The van der Waals surface area contributed by atoms with Crippen LogP contribution in [0.4, 0.5) is 0 Å². The number of nitrogens with zero attached hydrogens (tertiary/aromatic N) is 2. The first-order chi connectivity index (χ1) is 8.16. The normalized spacial score (nSPS) is 47.4. The van der Waals surface area contributed by atoms with E-state index in [-0.39, 0.29) is 5.92 Å². The molecule has 0 aliphatic carbocycles. The van der Waals surface area contributed by atoms with Crippen LogP contribution in [0.15, 0.2) is 0 Å². The molecule has 4 saturated heterocycles. The van der Waals surface area contributed by atoms with Gasteiger partial charge in [-0.25, -0.2) is 0 Å². The van der Waals surface area contributed by atoms with Gasteiger partial charge in [0.2, 0.25) is 0 Å².